The molecule has 0 saturated heterocycles. The Labute approximate surface area is 110 Å². The van der Waals surface area contributed by atoms with E-state index in [2.05, 4.69) is 10.0 Å². The van der Waals surface area contributed by atoms with Crippen molar-refractivity contribution in [1.29, 1.82) is 0 Å². The summed E-state index contributed by atoms with van der Waals surface area (Å²) < 4.78 is 27.7. The minimum absolute atomic E-state index is 0.203. The van der Waals surface area contributed by atoms with Gasteiger partial charge in [0.1, 0.15) is 6.04 Å². The lowest BCUT2D eigenvalue weighted by molar-refractivity contribution is -0.0882. The van der Waals surface area contributed by atoms with E-state index in [-0.39, 0.29) is 19.3 Å². The molecule has 2 atom stereocenters. The maximum Gasteiger partial charge on any atom is 0.407 e. The monoisotopic (exact) mass is 276 g/mol. The fourth-order valence-corrected chi connectivity index (χ4v) is 2.55. The normalized spacial score (nSPS) is 26.4. The van der Waals surface area contributed by atoms with E-state index in [1.165, 1.54) is 0 Å². The summed E-state index contributed by atoms with van der Waals surface area (Å²) in [5.41, 5.74) is 7.61. The summed E-state index contributed by atoms with van der Waals surface area (Å²) in [5.74, 6) is -3.17. The molecule has 0 spiro atoms. The second kappa shape index (κ2) is 5.21. The first-order valence-electron chi connectivity index (χ1n) is 6.05. The van der Waals surface area contributed by atoms with Gasteiger partial charge in [-0.1, -0.05) is 5.11 Å². The predicted octanol–water partition coefficient (Wildman–Crippen LogP) is 3.63. The summed E-state index contributed by atoms with van der Waals surface area (Å²) in [6, 6.07) is -2.65. The smallest absolute Gasteiger partial charge is 0.407 e. The Morgan fingerprint density at radius 2 is 2.11 bits per heavy atom. The van der Waals surface area contributed by atoms with Crippen LogP contribution >= 0.6 is 0 Å². The molecule has 1 saturated carbocycles. The Morgan fingerprint density at radius 3 is 2.53 bits per heavy atom. The first kappa shape index (κ1) is 15.5. The second-order valence-corrected chi connectivity index (χ2v) is 5.69. The van der Waals surface area contributed by atoms with E-state index in [0.717, 1.165) is 4.90 Å². The highest BCUT2D eigenvalue weighted by molar-refractivity contribution is 5.66. The molecular weight excluding hydrogens is 258 g/mol. The predicted molar refractivity (Wildman–Crippen MR) is 65.1 cm³/mol. The van der Waals surface area contributed by atoms with Gasteiger partial charge in [0.15, 0.2) is 0 Å². The van der Waals surface area contributed by atoms with Gasteiger partial charge in [0.05, 0.1) is 0 Å². The van der Waals surface area contributed by atoms with Gasteiger partial charge in [0, 0.05) is 22.9 Å². The van der Waals surface area contributed by atoms with E-state index >= 15 is 0 Å². The van der Waals surface area contributed by atoms with Crippen LogP contribution in [0.4, 0.5) is 13.6 Å². The molecule has 0 aromatic rings. The van der Waals surface area contributed by atoms with Crippen molar-refractivity contribution in [2.75, 3.05) is 0 Å². The second-order valence-electron chi connectivity index (χ2n) is 5.69. The van der Waals surface area contributed by atoms with Gasteiger partial charge in [-0.05, 0) is 39.1 Å². The summed E-state index contributed by atoms with van der Waals surface area (Å²) in [5, 5.41) is 12.4. The highest BCUT2D eigenvalue weighted by Crippen LogP contribution is 2.39. The van der Waals surface area contributed by atoms with Gasteiger partial charge in [-0.25, -0.2) is 13.6 Å². The largest absolute Gasteiger partial charge is 0.465 e. The number of rotatable bonds is 2. The van der Waals surface area contributed by atoms with Crippen LogP contribution in [0.25, 0.3) is 10.4 Å². The van der Waals surface area contributed by atoms with E-state index < -0.39 is 29.6 Å². The molecule has 1 amide bonds. The van der Waals surface area contributed by atoms with Crippen molar-refractivity contribution in [2.24, 2.45) is 5.11 Å². The van der Waals surface area contributed by atoms with Gasteiger partial charge in [-0.15, -0.1) is 0 Å². The van der Waals surface area contributed by atoms with E-state index in [9.17, 15) is 18.7 Å². The van der Waals surface area contributed by atoms with Gasteiger partial charge in [-0.3, -0.25) is 4.90 Å². The number of hydrogen-bond acceptors (Lipinski definition) is 2. The lowest BCUT2D eigenvalue weighted by atomic mass is 9.84. The Hall–Kier alpha value is -1.56. The van der Waals surface area contributed by atoms with Crippen molar-refractivity contribution in [3.63, 3.8) is 0 Å². The van der Waals surface area contributed by atoms with E-state index in [4.69, 9.17) is 5.53 Å². The number of amides is 1. The molecule has 0 unspecified atom stereocenters. The van der Waals surface area contributed by atoms with Gasteiger partial charge in [0.2, 0.25) is 0 Å². The fourth-order valence-electron chi connectivity index (χ4n) is 2.55. The highest BCUT2D eigenvalue weighted by Gasteiger charge is 2.51. The van der Waals surface area contributed by atoms with Crippen LogP contribution in [-0.4, -0.2) is 39.6 Å². The fraction of sp³-hybridized carbons (Fsp3) is 0.909. The summed E-state index contributed by atoms with van der Waals surface area (Å²) in [7, 11) is 0. The molecule has 1 N–H and O–H groups in total. The topological polar surface area (TPSA) is 89.3 Å². The third-order valence-corrected chi connectivity index (χ3v) is 3.24. The summed E-state index contributed by atoms with van der Waals surface area (Å²) in [4.78, 5) is 14.8. The van der Waals surface area contributed by atoms with Crippen molar-refractivity contribution >= 4 is 6.09 Å². The number of halogens is 2. The van der Waals surface area contributed by atoms with Crippen LogP contribution in [0.15, 0.2) is 5.11 Å². The number of hydrogen-bond donors (Lipinski definition) is 1. The third-order valence-electron chi connectivity index (χ3n) is 3.24. The summed E-state index contributed by atoms with van der Waals surface area (Å²) in [6.07, 6.45) is -1.20. The minimum Gasteiger partial charge on any atom is -0.465 e. The molecule has 0 bridgehead atoms. The van der Waals surface area contributed by atoms with Crippen molar-refractivity contribution < 1.29 is 18.7 Å². The zero-order valence-corrected chi connectivity index (χ0v) is 11.2. The quantitative estimate of drug-likeness (QED) is 0.474. The third kappa shape index (κ3) is 3.26. The molecule has 1 rings (SSSR count). The van der Waals surface area contributed by atoms with E-state index in [1.807, 2.05) is 0 Å². The van der Waals surface area contributed by atoms with Crippen LogP contribution < -0.4 is 0 Å². The standard InChI is InChI=1S/C11H18F2N4O2/c1-10(2,3)17(9(18)19)7-5-4-6-11(12,13)8(7)15-16-14/h7-8H,4-6H2,1-3H3,(H,18,19)/t7-,8-/m1/s1. The first-order valence-corrected chi connectivity index (χ1v) is 6.05. The summed E-state index contributed by atoms with van der Waals surface area (Å²) >= 11 is 0. The lowest BCUT2D eigenvalue weighted by Crippen LogP contribution is -2.60. The Kier molecular flexibility index (Phi) is 4.25. The molecule has 19 heavy (non-hydrogen) atoms. The van der Waals surface area contributed by atoms with Gasteiger partial charge in [-0.2, -0.15) is 0 Å². The average Bonchev–Trinajstić information content (AvgIpc) is 2.20. The average molecular weight is 276 g/mol. The molecule has 0 aliphatic heterocycles. The molecule has 6 nitrogen and oxygen atoms in total. The zero-order chi connectivity index (χ0) is 14.8. The van der Waals surface area contributed by atoms with Crippen molar-refractivity contribution in [3.05, 3.63) is 10.4 Å². The molecule has 108 valence electrons. The molecule has 0 aromatic heterocycles. The lowest BCUT2D eigenvalue weighted by Gasteiger charge is -2.46. The zero-order valence-electron chi connectivity index (χ0n) is 11.2. The van der Waals surface area contributed by atoms with Crippen molar-refractivity contribution in [3.8, 4) is 0 Å². The highest BCUT2D eigenvalue weighted by atomic mass is 19.3. The van der Waals surface area contributed by atoms with E-state index in [0.29, 0.717) is 0 Å². The van der Waals surface area contributed by atoms with Gasteiger partial charge >= 0.3 is 6.09 Å². The molecule has 0 heterocycles. The van der Waals surface area contributed by atoms with Gasteiger partial charge < -0.3 is 5.11 Å². The Balaban J connectivity index is 3.19. The van der Waals surface area contributed by atoms with E-state index in [1.54, 1.807) is 20.8 Å². The first-order chi connectivity index (χ1) is 8.61. The molecule has 1 aliphatic carbocycles. The number of nitrogens with zero attached hydrogens (tertiary/aromatic N) is 4. The molecule has 0 radical (unpaired) electrons. The van der Waals surface area contributed by atoms with Crippen molar-refractivity contribution in [1.82, 2.24) is 4.90 Å². The SMILES string of the molecule is CC(C)(C)N(C(=O)O)[C@@H]1CCCC(F)(F)[C@@H]1N=[N+]=[N-]. The van der Waals surface area contributed by atoms with Crippen LogP contribution in [0.1, 0.15) is 40.0 Å². The Morgan fingerprint density at radius 1 is 1.53 bits per heavy atom. The van der Waals surface area contributed by atoms with Crippen LogP contribution in [-0.2, 0) is 0 Å². The van der Waals surface area contributed by atoms with Crippen molar-refractivity contribution in [2.45, 2.75) is 63.6 Å². The maximum atomic E-state index is 13.8. The molecular formula is C11H18F2N4O2. The molecule has 1 aliphatic rings. The van der Waals surface area contributed by atoms with Gasteiger partial charge in [0.25, 0.3) is 5.92 Å². The number of carbonyl (C=O) groups is 1. The van der Waals surface area contributed by atoms with Crippen LogP contribution in [0.3, 0.4) is 0 Å². The summed E-state index contributed by atoms with van der Waals surface area (Å²) in [6.45, 7) is 4.88. The Bertz CT molecular complexity index is 398. The number of carboxylic acid groups (broad SMARTS) is 1. The minimum atomic E-state index is -3.17. The molecule has 1 fully saturated rings. The van der Waals surface area contributed by atoms with Crippen LogP contribution in [0, 0.1) is 0 Å². The number of alkyl halides is 2. The molecule has 8 heteroatoms. The van der Waals surface area contributed by atoms with Crippen LogP contribution in [0.2, 0.25) is 0 Å². The maximum absolute atomic E-state index is 13.8. The molecule has 0 aromatic carbocycles. The number of azide groups is 1. The van der Waals surface area contributed by atoms with Crippen LogP contribution in [0.5, 0.6) is 0 Å².